The van der Waals surface area contributed by atoms with Crippen molar-refractivity contribution in [1.29, 1.82) is 0 Å². The predicted octanol–water partition coefficient (Wildman–Crippen LogP) is -0.715. The van der Waals surface area contributed by atoms with E-state index in [0.717, 1.165) is 17.6 Å². The molecule has 7 heteroatoms. The largest absolute Gasteiger partial charge is 0.391 e. The molecule has 6 nitrogen and oxygen atoms in total. The first-order valence-electron chi connectivity index (χ1n) is 6.74. The number of amidine groups is 1. The number of aliphatic imine (C=N–C) groups is 1. The molecule has 2 heterocycles. The van der Waals surface area contributed by atoms with Gasteiger partial charge in [0.15, 0.2) is 5.17 Å². The molecule has 0 amide bonds. The molecule has 4 N–H and O–H groups in total. The zero-order valence-corrected chi connectivity index (χ0v) is 11.6. The number of nitrogens with one attached hydrogen (secondary N) is 1. The molecule has 0 bridgehead atoms. The molecule has 108 valence electrons. The minimum atomic E-state index is -1.10. The molecule has 2 fully saturated rings. The van der Waals surface area contributed by atoms with Crippen LogP contribution in [0.3, 0.4) is 0 Å². The zero-order valence-electron chi connectivity index (χ0n) is 10.8. The van der Waals surface area contributed by atoms with E-state index in [0.29, 0.717) is 0 Å². The molecular weight excluding hydrogens is 268 g/mol. The second-order valence-corrected chi connectivity index (χ2v) is 6.64. The van der Waals surface area contributed by atoms with E-state index in [-0.39, 0.29) is 5.44 Å². The Balaban J connectivity index is 1.64. The molecule has 0 spiro atoms. The van der Waals surface area contributed by atoms with E-state index < -0.39 is 30.5 Å². The third-order valence-electron chi connectivity index (χ3n) is 3.81. The van der Waals surface area contributed by atoms with Crippen LogP contribution < -0.4 is 5.32 Å². The first-order chi connectivity index (χ1) is 9.06. The van der Waals surface area contributed by atoms with Gasteiger partial charge < -0.3 is 25.4 Å². The van der Waals surface area contributed by atoms with E-state index in [2.05, 4.69) is 10.3 Å². The highest BCUT2D eigenvalue weighted by molar-refractivity contribution is 8.14. The van der Waals surface area contributed by atoms with Crippen LogP contribution in [0.1, 0.15) is 19.8 Å². The van der Waals surface area contributed by atoms with Crippen LogP contribution in [0.4, 0.5) is 0 Å². The first-order valence-corrected chi connectivity index (χ1v) is 7.62. The van der Waals surface area contributed by atoms with Crippen molar-refractivity contribution < 1.29 is 20.1 Å². The molecule has 2 aliphatic heterocycles. The fourth-order valence-corrected chi connectivity index (χ4v) is 3.54. The molecule has 0 aromatic rings. The molecule has 0 radical (unpaired) electrons. The molecule has 3 aliphatic rings. The molecule has 3 rings (SSSR count). The van der Waals surface area contributed by atoms with Crippen LogP contribution in [0.15, 0.2) is 4.99 Å². The molecule has 0 aromatic carbocycles. The summed E-state index contributed by atoms with van der Waals surface area (Å²) in [5.74, 6) is 0.743. The number of hydrogen-bond donors (Lipinski definition) is 4. The Labute approximate surface area is 116 Å². The van der Waals surface area contributed by atoms with Crippen molar-refractivity contribution in [2.45, 2.75) is 55.7 Å². The lowest BCUT2D eigenvalue weighted by atomic mass is 9.95. The molecule has 1 unspecified atom stereocenters. The Morgan fingerprint density at radius 3 is 2.79 bits per heavy atom. The number of ether oxygens (including phenoxy) is 1. The van der Waals surface area contributed by atoms with Crippen molar-refractivity contribution >= 4 is 16.9 Å². The van der Waals surface area contributed by atoms with Crippen LogP contribution in [0.25, 0.3) is 0 Å². The summed E-state index contributed by atoms with van der Waals surface area (Å²) in [6, 6.07) is -0.461. The third-order valence-corrected chi connectivity index (χ3v) is 4.91. The smallest absolute Gasteiger partial charge is 0.159 e. The second kappa shape index (κ2) is 5.21. The van der Waals surface area contributed by atoms with Gasteiger partial charge in [-0.1, -0.05) is 11.8 Å². The number of aliphatic hydroxyl groups excluding tert-OH is 3. The highest BCUT2D eigenvalue weighted by atomic mass is 32.2. The molecule has 19 heavy (non-hydrogen) atoms. The maximum absolute atomic E-state index is 10.1. The van der Waals surface area contributed by atoms with Crippen LogP contribution >= 0.6 is 11.8 Å². The summed E-state index contributed by atoms with van der Waals surface area (Å²) in [5.41, 5.74) is -0.334. The minimum Gasteiger partial charge on any atom is -0.391 e. The summed E-state index contributed by atoms with van der Waals surface area (Å²) in [5, 5.41) is 33.6. The molecule has 1 aliphatic carbocycles. The van der Waals surface area contributed by atoms with Crippen LogP contribution in [0.5, 0.6) is 0 Å². The summed E-state index contributed by atoms with van der Waals surface area (Å²) in [6.07, 6.45) is -1.16. The van der Waals surface area contributed by atoms with Crippen LogP contribution in [-0.4, -0.2) is 62.9 Å². The number of nitrogens with zero attached hydrogens (tertiary/aromatic N) is 1. The number of thioether (sulfide) groups is 1. The van der Waals surface area contributed by atoms with Crippen molar-refractivity contribution in [2.75, 3.05) is 6.54 Å². The fraction of sp³-hybridized carbons (Fsp3) is 0.917. The highest BCUT2D eigenvalue weighted by Gasteiger charge is 2.49. The topological polar surface area (TPSA) is 94.3 Å². The second-order valence-electron chi connectivity index (χ2n) is 5.56. The van der Waals surface area contributed by atoms with E-state index in [1.807, 2.05) is 0 Å². The summed E-state index contributed by atoms with van der Waals surface area (Å²) in [6.45, 7) is 2.46. The number of fused-ring (bicyclic) bond motifs is 1. The number of rotatable bonds is 3. The molecule has 1 saturated heterocycles. The molecule has 6 atom stereocenters. The van der Waals surface area contributed by atoms with Crippen molar-refractivity contribution in [3.63, 3.8) is 0 Å². The van der Waals surface area contributed by atoms with Gasteiger partial charge in [0.25, 0.3) is 0 Å². The Kier molecular flexibility index (Phi) is 3.74. The molecule has 1 saturated carbocycles. The van der Waals surface area contributed by atoms with Gasteiger partial charge in [0, 0.05) is 6.54 Å². The van der Waals surface area contributed by atoms with Crippen LogP contribution in [0, 0.1) is 5.92 Å². The van der Waals surface area contributed by atoms with E-state index in [4.69, 9.17) is 4.74 Å². The SMILES string of the molecule is CC(O)[C@H]1O[C@@H]2SC(NCC3CC3)=N[C@@H]2[C@@H](O)[C@@H]1O. The quantitative estimate of drug-likeness (QED) is 0.548. The first kappa shape index (κ1) is 13.6. The van der Waals surface area contributed by atoms with Crippen molar-refractivity contribution in [2.24, 2.45) is 10.9 Å². The van der Waals surface area contributed by atoms with Gasteiger partial charge in [0.2, 0.25) is 0 Å². The minimum absolute atomic E-state index is 0.334. The average molecular weight is 288 g/mol. The Morgan fingerprint density at radius 2 is 2.16 bits per heavy atom. The lowest BCUT2D eigenvalue weighted by Gasteiger charge is -2.39. The Hall–Kier alpha value is -0.340. The number of aliphatic hydroxyl groups is 3. The summed E-state index contributed by atoms with van der Waals surface area (Å²) >= 11 is 1.43. The van der Waals surface area contributed by atoms with Gasteiger partial charge in [-0.05, 0) is 25.7 Å². The Bertz CT molecular complexity index is 375. The van der Waals surface area contributed by atoms with Crippen LogP contribution in [0.2, 0.25) is 0 Å². The standard InChI is InChI=1S/C12H20N2O4S/c1-5(15)10-9(17)8(16)7-11(18-10)19-12(14-7)13-4-6-2-3-6/h5-11,15-17H,2-4H2,1H3,(H,13,14)/t5?,7-,8-,9+,10-,11-/m1/s1. The summed E-state index contributed by atoms with van der Waals surface area (Å²) < 4.78 is 5.66. The lowest BCUT2D eigenvalue weighted by Crippen LogP contribution is -2.57. The van der Waals surface area contributed by atoms with Crippen molar-refractivity contribution in [1.82, 2.24) is 5.32 Å². The molecule has 0 aromatic heterocycles. The fourth-order valence-electron chi connectivity index (χ4n) is 2.42. The normalized spacial score (nSPS) is 43.6. The summed E-state index contributed by atoms with van der Waals surface area (Å²) in [7, 11) is 0. The monoisotopic (exact) mass is 288 g/mol. The summed E-state index contributed by atoms with van der Waals surface area (Å²) in [4.78, 5) is 4.39. The van der Waals surface area contributed by atoms with Gasteiger partial charge in [-0.15, -0.1) is 0 Å². The van der Waals surface area contributed by atoms with E-state index in [1.54, 1.807) is 6.92 Å². The van der Waals surface area contributed by atoms with Gasteiger partial charge in [-0.3, -0.25) is 4.99 Å². The van der Waals surface area contributed by atoms with Gasteiger partial charge in [-0.2, -0.15) is 0 Å². The van der Waals surface area contributed by atoms with E-state index in [9.17, 15) is 15.3 Å². The maximum Gasteiger partial charge on any atom is 0.159 e. The Morgan fingerprint density at radius 1 is 1.42 bits per heavy atom. The zero-order chi connectivity index (χ0) is 13.6. The van der Waals surface area contributed by atoms with Gasteiger partial charge in [-0.25, -0.2) is 0 Å². The molecular formula is C12H20N2O4S. The van der Waals surface area contributed by atoms with Gasteiger partial charge in [0.05, 0.1) is 6.10 Å². The number of hydrogen-bond acceptors (Lipinski definition) is 7. The predicted molar refractivity (Wildman–Crippen MR) is 71.9 cm³/mol. The van der Waals surface area contributed by atoms with Gasteiger partial charge >= 0.3 is 0 Å². The lowest BCUT2D eigenvalue weighted by molar-refractivity contribution is -0.181. The maximum atomic E-state index is 10.1. The average Bonchev–Trinajstić information content (AvgIpc) is 3.10. The van der Waals surface area contributed by atoms with E-state index >= 15 is 0 Å². The van der Waals surface area contributed by atoms with Crippen molar-refractivity contribution in [3.8, 4) is 0 Å². The third kappa shape index (κ3) is 2.75. The van der Waals surface area contributed by atoms with Crippen LogP contribution in [-0.2, 0) is 4.74 Å². The highest BCUT2D eigenvalue weighted by Crippen LogP contribution is 2.37. The van der Waals surface area contributed by atoms with Gasteiger partial charge in [0.1, 0.15) is 29.8 Å². The van der Waals surface area contributed by atoms with Crippen molar-refractivity contribution in [3.05, 3.63) is 0 Å². The van der Waals surface area contributed by atoms with E-state index in [1.165, 1.54) is 24.6 Å².